The van der Waals surface area contributed by atoms with E-state index in [1.807, 2.05) is 0 Å². The quantitative estimate of drug-likeness (QED) is 0.651. The summed E-state index contributed by atoms with van der Waals surface area (Å²) in [5.74, 6) is -1.82. The van der Waals surface area contributed by atoms with Crippen LogP contribution in [0, 0.1) is 11.6 Å². The lowest BCUT2D eigenvalue weighted by Gasteiger charge is -2.11. The molecule has 0 radical (unpaired) electrons. The second-order valence-electron chi connectivity index (χ2n) is 5.11. The molecule has 0 bridgehead atoms. The van der Waals surface area contributed by atoms with Crippen molar-refractivity contribution >= 4 is 27.3 Å². The number of aromatic hydroxyl groups is 1. The van der Waals surface area contributed by atoms with Gasteiger partial charge in [0, 0.05) is 11.9 Å². The first kappa shape index (κ1) is 16.4. The SMILES string of the molecule is C=C(NCc1ccc(F)c(F)c1)c1cc(CBr)n2ncc(O)c2n1. The minimum atomic E-state index is -0.898. The maximum Gasteiger partial charge on any atom is 0.198 e. The Kier molecular flexibility index (Phi) is 4.48. The van der Waals surface area contributed by atoms with Gasteiger partial charge in [-0.2, -0.15) is 5.10 Å². The van der Waals surface area contributed by atoms with Crippen molar-refractivity contribution in [1.82, 2.24) is 19.9 Å². The molecule has 24 heavy (non-hydrogen) atoms. The highest BCUT2D eigenvalue weighted by atomic mass is 79.9. The number of nitrogens with one attached hydrogen (secondary N) is 1. The van der Waals surface area contributed by atoms with Crippen LogP contribution in [-0.4, -0.2) is 19.7 Å². The number of benzene rings is 1. The van der Waals surface area contributed by atoms with Gasteiger partial charge in [0.05, 0.1) is 23.3 Å². The van der Waals surface area contributed by atoms with Crippen molar-refractivity contribution in [3.63, 3.8) is 0 Å². The van der Waals surface area contributed by atoms with E-state index in [9.17, 15) is 13.9 Å². The molecule has 3 aromatic rings. The molecule has 0 aliphatic heterocycles. The van der Waals surface area contributed by atoms with Crippen LogP contribution in [0.3, 0.4) is 0 Å². The lowest BCUT2D eigenvalue weighted by Crippen LogP contribution is -2.13. The summed E-state index contributed by atoms with van der Waals surface area (Å²) in [7, 11) is 0. The Morgan fingerprint density at radius 3 is 2.79 bits per heavy atom. The normalized spacial score (nSPS) is 11.0. The summed E-state index contributed by atoms with van der Waals surface area (Å²) in [6, 6.07) is 5.46. The molecular formula is C16H13BrF2N4O. The van der Waals surface area contributed by atoms with E-state index in [4.69, 9.17) is 0 Å². The largest absolute Gasteiger partial charge is 0.503 e. The Balaban J connectivity index is 1.83. The predicted molar refractivity (Wildman–Crippen MR) is 89.5 cm³/mol. The van der Waals surface area contributed by atoms with E-state index in [0.717, 1.165) is 17.8 Å². The monoisotopic (exact) mass is 394 g/mol. The van der Waals surface area contributed by atoms with E-state index < -0.39 is 11.6 Å². The van der Waals surface area contributed by atoms with Gasteiger partial charge in [-0.15, -0.1) is 0 Å². The van der Waals surface area contributed by atoms with E-state index in [0.29, 0.717) is 27.9 Å². The van der Waals surface area contributed by atoms with Crippen molar-refractivity contribution in [3.8, 4) is 5.75 Å². The number of rotatable bonds is 5. The van der Waals surface area contributed by atoms with Crippen molar-refractivity contribution in [1.29, 1.82) is 0 Å². The Bertz CT molecular complexity index is 926. The summed E-state index contributed by atoms with van der Waals surface area (Å²) in [5.41, 5.74) is 2.69. The number of hydrogen-bond acceptors (Lipinski definition) is 4. The fourth-order valence-corrected chi connectivity index (χ4v) is 2.61. The van der Waals surface area contributed by atoms with Crippen LogP contribution in [0.1, 0.15) is 17.0 Å². The van der Waals surface area contributed by atoms with Gasteiger partial charge in [-0.25, -0.2) is 18.3 Å². The summed E-state index contributed by atoms with van der Waals surface area (Å²) < 4.78 is 27.7. The molecule has 0 amide bonds. The number of fused-ring (bicyclic) bond motifs is 1. The summed E-state index contributed by atoms with van der Waals surface area (Å²) in [5, 5.41) is 17.4. The van der Waals surface area contributed by atoms with Crippen LogP contribution in [-0.2, 0) is 11.9 Å². The highest BCUT2D eigenvalue weighted by Gasteiger charge is 2.12. The zero-order valence-corrected chi connectivity index (χ0v) is 14.0. The van der Waals surface area contributed by atoms with Crippen LogP contribution in [0.25, 0.3) is 11.3 Å². The van der Waals surface area contributed by atoms with Crippen molar-refractivity contribution < 1.29 is 13.9 Å². The first-order chi connectivity index (χ1) is 11.5. The van der Waals surface area contributed by atoms with Gasteiger partial charge in [-0.1, -0.05) is 28.6 Å². The fraction of sp³-hybridized carbons (Fsp3) is 0.125. The van der Waals surface area contributed by atoms with Crippen LogP contribution in [0.2, 0.25) is 0 Å². The van der Waals surface area contributed by atoms with Crippen LogP contribution < -0.4 is 5.32 Å². The van der Waals surface area contributed by atoms with Gasteiger partial charge in [0.25, 0.3) is 0 Å². The Morgan fingerprint density at radius 2 is 2.08 bits per heavy atom. The summed E-state index contributed by atoms with van der Waals surface area (Å²) in [6.45, 7) is 4.17. The van der Waals surface area contributed by atoms with Gasteiger partial charge in [-0.3, -0.25) is 0 Å². The van der Waals surface area contributed by atoms with Crippen molar-refractivity contribution in [2.75, 3.05) is 0 Å². The molecule has 5 nitrogen and oxygen atoms in total. The molecule has 0 atom stereocenters. The van der Waals surface area contributed by atoms with Crippen molar-refractivity contribution in [2.45, 2.75) is 11.9 Å². The Labute approximate surface area is 144 Å². The standard InChI is InChI=1S/C16H13BrF2N4O/c1-9(20-7-10-2-3-12(18)13(19)4-10)14-5-11(6-17)23-16(22-14)15(24)8-21-23/h2-5,8,20,24H,1,6-7H2. The smallest absolute Gasteiger partial charge is 0.198 e. The van der Waals surface area contributed by atoms with Crippen molar-refractivity contribution in [2.24, 2.45) is 0 Å². The third-order valence-corrected chi connectivity index (χ3v) is 4.04. The summed E-state index contributed by atoms with van der Waals surface area (Å²) in [6.07, 6.45) is 1.32. The van der Waals surface area contributed by atoms with E-state index in [1.165, 1.54) is 16.8 Å². The van der Waals surface area contributed by atoms with Gasteiger partial charge in [0.2, 0.25) is 0 Å². The summed E-state index contributed by atoms with van der Waals surface area (Å²) >= 11 is 3.36. The molecular weight excluding hydrogens is 382 g/mol. The van der Waals surface area contributed by atoms with Gasteiger partial charge in [0.15, 0.2) is 23.0 Å². The highest BCUT2D eigenvalue weighted by Crippen LogP contribution is 2.21. The third-order valence-electron chi connectivity index (χ3n) is 3.46. The molecule has 124 valence electrons. The van der Waals surface area contributed by atoms with Crippen LogP contribution >= 0.6 is 15.9 Å². The number of nitrogens with zero attached hydrogens (tertiary/aromatic N) is 3. The molecule has 8 heteroatoms. The second kappa shape index (κ2) is 6.56. The molecule has 2 N–H and O–H groups in total. The number of hydrogen-bond donors (Lipinski definition) is 2. The average molecular weight is 395 g/mol. The zero-order chi connectivity index (χ0) is 17.3. The minimum Gasteiger partial charge on any atom is -0.503 e. The highest BCUT2D eigenvalue weighted by molar-refractivity contribution is 9.08. The zero-order valence-electron chi connectivity index (χ0n) is 12.4. The molecule has 0 saturated heterocycles. The molecule has 2 aromatic heterocycles. The Morgan fingerprint density at radius 1 is 1.29 bits per heavy atom. The third kappa shape index (κ3) is 3.09. The molecule has 0 aliphatic carbocycles. The number of aromatic nitrogens is 3. The number of halogens is 3. The average Bonchev–Trinajstić information content (AvgIpc) is 2.96. The van der Waals surface area contributed by atoms with Gasteiger partial charge < -0.3 is 10.4 Å². The molecule has 0 fully saturated rings. The van der Waals surface area contributed by atoms with Crippen molar-refractivity contribution in [3.05, 3.63) is 65.6 Å². The maximum atomic E-state index is 13.2. The fourth-order valence-electron chi connectivity index (χ4n) is 2.21. The van der Waals surface area contributed by atoms with Gasteiger partial charge in [-0.05, 0) is 23.8 Å². The summed E-state index contributed by atoms with van der Waals surface area (Å²) in [4.78, 5) is 4.32. The molecule has 3 rings (SSSR count). The maximum absolute atomic E-state index is 13.2. The molecule has 0 saturated carbocycles. The second-order valence-corrected chi connectivity index (χ2v) is 5.67. The van der Waals surface area contributed by atoms with Gasteiger partial charge in [0.1, 0.15) is 0 Å². The first-order valence-electron chi connectivity index (χ1n) is 6.99. The van der Waals surface area contributed by atoms with Crippen LogP contribution in [0.15, 0.2) is 37.0 Å². The predicted octanol–water partition coefficient (Wildman–Crippen LogP) is 3.37. The number of alkyl halides is 1. The lowest BCUT2D eigenvalue weighted by molar-refractivity contribution is 0.480. The lowest BCUT2D eigenvalue weighted by atomic mass is 10.2. The van der Waals surface area contributed by atoms with E-state index in [2.05, 4.69) is 37.9 Å². The van der Waals surface area contributed by atoms with E-state index in [-0.39, 0.29) is 12.3 Å². The van der Waals surface area contributed by atoms with E-state index >= 15 is 0 Å². The first-order valence-corrected chi connectivity index (χ1v) is 8.11. The topological polar surface area (TPSA) is 62.5 Å². The molecule has 1 aromatic carbocycles. The van der Waals surface area contributed by atoms with E-state index in [1.54, 1.807) is 6.07 Å². The molecule has 0 spiro atoms. The molecule has 0 unspecified atom stereocenters. The Hall–Kier alpha value is -2.48. The minimum absolute atomic E-state index is 0.0348. The van der Waals surface area contributed by atoms with Crippen LogP contribution in [0.5, 0.6) is 5.75 Å². The van der Waals surface area contributed by atoms with Crippen LogP contribution in [0.4, 0.5) is 8.78 Å². The molecule has 0 aliphatic rings. The van der Waals surface area contributed by atoms with Gasteiger partial charge >= 0.3 is 0 Å². The molecule has 2 heterocycles.